The Hall–Kier alpha value is -0.750. The van der Waals surface area contributed by atoms with Gasteiger partial charge in [-0.1, -0.05) is 0 Å². The molecule has 6 heteroatoms. The molecule has 4 N–H and O–H groups in total. The van der Waals surface area contributed by atoms with Crippen LogP contribution in [0.15, 0.2) is 0 Å². The van der Waals surface area contributed by atoms with E-state index in [1.54, 1.807) is 27.8 Å². The Labute approximate surface area is 93.8 Å². The molecular weight excluding hydrogens is 216 g/mol. The molecule has 0 rings (SSSR count). The van der Waals surface area contributed by atoms with Gasteiger partial charge in [-0.25, -0.2) is 0 Å². The van der Waals surface area contributed by atoms with Gasteiger partial charge in [-0.15, -0.1) is 11.8 Å². The predicted octanol–water partition coefficient (Wildman–Crippen LogP) is 0.0446. The van der Waals surface area contributed by atoms with Gasteiger partial charge in [-0.05, 0) is 20.8 Å². The summed E-state index contributed by atoms with van der Waals surface area (Å²) in [6.07, 6.45) is 0. The van der Waals surface area contributed by atoms with E-state index in [4.69, 9.17) is 10.8 Å². The molecule has 0 saturated heterocycles. The van der Waals surface area contributed by atoms with E-state index in [0.717, 1.165) is 0 Å². The van der Waals surface area contributed by atoms with Crippen LogP contribution in [0.2, 0.25) is 0 Å². The summed E-state index contributed by atoms with van der Waals surface area (Å²) in [5.74, 6) is -1.19. The van der Waals surface area contributed by atoms with Crippen molar-refractivity contribution in [1.29, 1.82) is 0 Å². The molecule has 88 valence electrons. The summed E-state index contributed by atoms with van der Waals surface area (Å²) < 4.78 is -0.683. The SMILES string of the molecule is CNC(=O)C(C)SC(C)(C)[C@H](N)C(=O)O. The average Bonchev–Trinajstić information content (AvgIpc) is 2.14. The molecule has 0 spiro atoms. The predicted molar refractivity (Wildman–Crippen MR) is 60.8 cm³/mol. The van der Waals surface area contributed by atoms with Gasteiger partial charge in [0.1, 0.15) is 6.04 Å². The van der Waals surface area contributed by atoms with E-state index in [0.29, 0.717) is 0 Å². The maximum absolute atomic E-state index is 11.3. The lowest BCUT2D eigenvalue weighted by molar-refractivity contribution is -0.139. The van der Waals surface area contributed by atoms with E-state index in [-0.39, 0.29) is 11.2 Å². The number of thioether (sulfide) groups is 1. The van der Waals surface area contributed by atoms with Crippen LogP contribution in [0.5, 0.6) is 0 Å². The number of carbonyl (C=O) groups excluding carboxylic acids is 1. The molecule has 15 heavy (non-hydrogen) atoms. The summed E-state index contributed by atoms with van der Waals surface area (Å²) in [5.41, 5.74) is 5.53. The van der Waals surface area contributed by atoms with Crippen molar-refractivity contribution >= 4 is 23.6 Å². The van der Waals surface area contributed by atoms with E-state index in [2.05, 4.69) is 5.32 Å². The van der Waals surface area contributed by atoms with Crippen LogP contribution in [0.1, 0.15) is 20.8 Å². The first kappa shape index (κ1) is 14.2. The standard InChI is InChI=1S/C9H18N2O3S/c1-5(7(12)11-4)15-9(2,3)6(10)8(13)14/h5-6H,10H2,1-4H3,(H,11,12)(H,13,14)/t5?,6-/m1/s1. The van der Waals surface area contributed by atoms with Gasteiger partial charge >= 0.3 is 5.97 Å². The van der Waals surface area contributed by atoms with Gasteiger partial charge < -0.3 is 16.2 Å². The van der Waals surface area contributed by atoms with Gasteiger partial charge in [-0.3, -0.25) is 9.59 Å². The zero-order chi connectivity index (χ0) is 12.2. The summed E-state index contributed by atoms with van der Waals surface area (Å²) in [6.45, 7) is 5.16. The van der Waals surface area contributed by atoms with Gasteiger partial charge in [0.15, 0.2) is 0 Å². The molecule has 0 heterocycles. The Morgan fingerprint density at radius 1 is 1.47 bits per heavy atom. The van der Waals surface area contributed by atoms with Gasteiger partial charge in [0.2, 0.25) is 5.91 Å². The smallest absolute Gasteiger partial charge is 0.321 e. The minimum atomic E-state index is -1.06. The number of amides is 1. The minimum absolute atomic E-state index is 0.134. The number of rotatable bonds is 5. The summed E-state index contributed by atoms with van der Waals surface area (Å²) in [4.78, 5) is 22.0. The van der Waals surface area contributed by atoms with E-state index in [1.807, 2.05) is 0 Å². The van der Waals surface area contributed by atoms with Crippen molar-refractivity contribution in [1.82, 2.24) is 5.32 Å². The van der Waals surface area contributed by atoms with Crippen LogP contribution in [0.25, 0.3) is 0 Å². The molecule has 0 aliphatic rings. The van der Waals surface area contributed by atoms with Gasteiger partial charge in [-0.2, -0.15) is 0 Å². The second kappa shape index (κ2) is 5.37. The Bertz CT molecular complexity index is 256. The van der Waals surface area contributed by atoms with E-state index >= 15 is 0 Å². The van der Waals surface area contributed by atoms with Crippen LogP contribution >= 0.6 is 11.8 Å². The van der Waals surface area contributed by atoms with Crippen LogP contribution in [0.3, 0.4) is 0 Å². The lowest BCUT2D eigenvalue weighted by Gasteiger charge is -2.30. The summed E-state index contributed by atoms with van der Waals surface area (Å²) in [6, 6.07) is -0.991. The molecule has 1 unspecified atom stereocenters. The van der Waals surface area contributed by atoms with Crippen molar-refractivity contribution < 1.29 is 14.7 Å². The number of carboxylic acid groups (broad SMARTS) is 1. The van der Waals surface area contributed by atoms with E-state index in [9.17, 15) is 9.59 Å². The highest BCUT2D eigenvalue weighted by Crippen LogP contribution is 2.31. The highest BCUT2D eigenvalue weighted by molar-refractivity contribution is 8.02. The molecular formula is C9H18N2O3S. The number of carbonyl (C=O) groups is 2. The topological polar surface area (TPSA) is 92.4 Å². The zero-order valence-corrected chi connectivity index (χ0v) is 10.2. The van der Waals surface area contributed by atoms with Gasteiger partial charge in [0.05, 0.1) is 5.25 Å². The Balaban J connectivity index is 4.49. The summed E-state index contributed by atoms with van der Waals surface area (Å²) in [7, 11) is 1.55. The lowest BCUT2D eigenvalue weighted by Crippen LogP contribution is -2.48. The second-order valence-corrected chi connectivity index (χ2v) is 5.79. The first-order valence-electron chi connectivity index (χ1n) is 4.60. The molecule has 0 aliphatic carbocycles. The van der Waals surface area contributed by atoms with E-state index < -0.39 is 16.8 Å². The third kappa shape index (κ3) is 4.09. The number of hydrogen-bond donors (Lipinski definition) is 3. The Morgan fingerprint density at radius 3 is 2.27 bits per heavy atom. The average molecular weight is 234 g/mol. The monoisotopic (exact) mass is 234 g/mol. The number of nitrogens with one attached hydrogen (secondary N) is 1. The molecule has 0 aromatic carbocycles. The number of aliphatic carboxylic acids is 1. The molecule has 2 atom stereocenters. The van der Waals surface area contributed by atoms with Gasteiger partial charge in [0.25, 0.3) is 0 Å². The van der Waals surface area contributed by atoms with Crippen molar-refractivity contribution in [3.05, 3.63) is 0 Å². The quantitative estimate of drug-likeness (QED) is 0.625. The third-order valence-electron chi connectivity index (χ3n) is 2.11. The molecule has 0 aromatic rings. The van der Waals surface area contributed by atoms with Crippen molar-refractivity contribution in [2.75, 3.05) is 7.05 Å². The van der Waals surface area contributed by atoms with Crippen molar-refractivity contribution in [3.63, 3.8) is 0 Å². The van der Waals surface area contributed by atoms with E-state index in [1.165, 1.54) is 11.8 Å². The number of hydrogen-bond acceptors (Lipinski definition) is 4. The summed E-state index contributed by atoms with van der Waals surface area (Å²) in [5, 5.41) is 11.0. The molecule has 1 amide bonds. The fourth-order valence-corrected chi connectivity index (χ4v) is 2.47. The lowest BCUT2D eigenvalue weighted by atomic mass is 10.1. The number of nitrogens with two attached hydrogens (primary N) is 1. The molecule has 0 aliphatic heterocycles. The largest absolute Gasteiger partial charge is 0.480 e. The van der Waals surface area contributed by atoms with Crippen LogP contribution in [-0.4, -0.2) is 40.1 Å². The molecule has 0 radical (unpaired) electrons. The molecule has 0 bridgehead atoms. The molecule has 0 fully saturated rings. The number of carboxylic acids is 1. The molecule has 0 aromatic heterocycles. The first-order chi connectivity index (χ1) is 6.72. The normalized spacial score (nSPS) is 15.5. The maximum Gasteiger partial charge on any atom is 0.321 e. The maximum atomic E-state index is 11.3. The highest BCUT2D eigenvalue weighted by Gasteiger charge is 2.35. The fourth-order valence-electron chi connectivity index (χ4n) is 1.08. The van der Waals surface area contributed by atoms with Crippen molar-refractivity contribution in [2.45, 2.75) is 36.8 Å². The highest BCUT2D eigenvalue weighted by atomic mass is 32.2. The van der Waals surface area contributed by atoms with Crippen molar-refractivity contribution in [2.24, 2.45) is 5.73 Å². The van der Waals surface area contributed by atoms with Crippen LogP contribution in [0.4, 0.5) is 0 Å². The van der Waals surface area contributed by atoms with Crippen molar-refractivity contribution in [3.8, 4) is 0 Å². The van der Waals surface area contributed by atoms with Crippen LogP contribution in [0, 0.1) is 0 Å². The zero-order valence-electron chi connectivity index (χ0n) is 9.40. The second-order valence-electron chi connectivity index (χ2n) is 3.79. The molecule has 0 saturated carbocycles. The fraction of sp³-hybridized carbons (Fsp3) is 0.778. The Kier molecular flexibility index (Phi) is 5.10. The molecule has 5 nitrogen and oxygen atoms in total. The van der Waals surface area contributed by atoms with Crippen LogP contribution < -0.4 is 11.1 Å². The first-order valence-corrected chi connectivity index (χ1v) is 5.48. The minimum Gasteiger partial charge on any atom is -0.480 e. The Morgan fingerprint density at radius 2 is 1.93 bits per heavy atom. The van der Waals surface area contributed by atoms with Crippen LogP contribution in [-0.2, 0) is 9.59 Å². The third-order valence-corrected chi connectivity index (χ3v) is 3.54. The summed E-state index contributed by atoms with van der Waals surface area (Å²) >= 11 is 1.25. The van der Waals surface area contributed by atoms with Gasteiger partial charge in [0, 0.05) is 11.8 Å².